The number of nitrogens with zero attached hydrogens (tertiary/aromatic N) is 5. The maximum atomic E-state index is 14.4. The summed E-state index contributed by atoms with van der Waals surface area (Å²) < 4.78 is 19.1. The van der Waals surface area contributed by atoms with E-state index in [1.54, 1.807) is 34.2 Å². The number of aryl methyl sites for hydroxylation is 2. The summed E-state index contributed by atoms with van der Waals surface area (Å²) in [5.74, 6) is 2.05. The Labute approximate surface area is 308 Å². The molecule has 0 radical (unpaired) electrons. The van der Waals surface area contributed by atoms with Gasteiger partial charge in [0.05, 0.1) is 36.6 Å². The van der Waals surface area contributed by atoms with Crippen LogP contribution in [-0.2, 0) is 18.3 Å². The minimum Gasteiger partial charge on any atom is -0.497 e. The van der Waals surface area contributed by atoms with Gasteiger partial charge in [0.1, 0.15) is 46.4 Å². The number of carbonyl (C=O) groups excluding carboxylic acids is 2. The molecule has 2 amide bonds. The quantitative estimate of drug-likeness (QED) is 0.121. The minimum atomic E-state index is -1.12. The Morgan fingerprint density at radius 2 is 1.74 bits per heavy atom. The predicted octanol–water partition coefficient (Wildman–Crippen LogP) is 6.32. The van der Waals surface area contributed by atoms with E-state index in [4.69, 9.17) is 14.2 Å². The number of likely N-dealkylation sites (tertiary alicyclic amines) is 1. The van der Waals surface area contributed by atoms with Crippen molar-refractivity contribution in [2.45, 2.75) is 58.2 Å². The number of rotatable bonds is 11. The van der Waals surface area contributed by atoms with Crippen molar-refractivity contribution in [1.82, 2.24) is 29.7 Å². The highest BCUT2D eigenvalue weighted by atomic mass is 16.6. The molecule has 5 aromatic rings. The number of aliphatic hydroxyl groups excluding tert-OH is 1. The normalized spacial score (nSPS) is 15.9. The summed E-state index contributed by atoms with van der Waals surface area (Å²) >= 11 is 0. The van der Waals surface area contributed by atoms with E-state index >= 15 is 0 Å². The molecule has 0 aliphatic carbocycles. The van der Waals surface area contributed by atoms with Gasteiger partial charge in [0.15, 0.2) is 0 Å². The lowest BCUT2D eigenvalue weighted by molar-refractivity contribution is 0.00375. The van der Waals surface area contributed by atoms with Gasteiger partial charge in [0.2, 0.25) is 0 Å². The van der Waals surface area contributed by atoms with Gasteiger partial charge in [-0.05, 0) is 94.1 Å². The van der Waals surface area contributed by atoms with E-state index in [1.165, 1.54) is 11.2 Å². The molecule has 14 nitrogen and oxygen atoms in total. The zero-order valence-electron chi connectivity index (χ0n) is 30.9. The molecule has 4 N–H and O–H groups in total. The van der Waals surface area contributed by atoms with Crippen molar-refractivity contribution < 1.29 is 28.9 Å². The Morgan fingerprint density at radius 1 is 0.981 bits per heavy atom. The lowest BCUT2D eigenvalue weighted by atomic mass is 9.89. The van der Waals surface area contributed by atoms with E-state index in [0.717, 1.165) is 27.9 Å². The summed E-state index contributed by atoms with van der Waals surface area (Å²) in [5.41, 5.74) is 2.61. The fraction of sp³-hybridized carbons (Fsp3) is 0.359. The van der Waals surface area contributed by atoms with Gasteiger partial charge in [-0.25, -0.2) is 19.7 Å². The summed E-state index contributed by atoms with van der Waals surface area (Å²) in [7, 11) is 3.55. The number of aromatic nitrogens is 4. The van der Waals surface area contributed by atoms with E-state index in [9.17, 15) is 14.7 Å². The Kier molecular flexibility index (Phi) is 10.7. The van der Waals surface area contributed by atoms with Crippen LogP contribution < -0.4 is 25.4 Å². The minimum absolute atomic E-state index is 0.0726. The standard InChI is InChI=1S/C39H46N8O6/c1-25-18-27(10-15-32(25)52-29-13-14-31-30(19-29)43-24-46(31)5)44-35-33(34(41-23-42-35)40-20-26-8-11-28(51-6)12-9-26)36(49)45-39(22-48)16-7-17-47(21-39)37(50)53-38(2,3)4/h8-15,18-19,23-24,48H,7,16-17,20-22H2,1-6H3,(H,45,49)(H2,40,41,42,44). The first-order valence-electron chi connectivity index (χ1n) is 17.4. The van der Waals surface area contributed by atoms with Gasteiger partial charge < -0.3 is 44.7 Å². The first-order chi connectivity index (χ1) is 25.3. The van der Waals surface area contributed by atoms with Gasteiger partial charge in [-0.15, -0.1) is 0 Å². The molecular weight excluding hydrogens is 676 g/mol. The number of nitrogens with one attached hydrogen (secondary N) is 3. The second-order valence-corrected chi connectivity index (χ2v) is 14.3. The summed E-state index contributed by atoms with van der Waals surface area (Å²) in [4.78, 5) is 42.3. The Balaban J connectivity index is 1.27. The zero-order chi connectivity index (χ0) is 37.8. The highest BCUT2D eigenvalue weighted by Gasteiger charge is 2.40. The lowest BCUT2D eigenvalue weighted by Gasteiger charge is -2.42. The lowest BCUT2D eigenvalue weighted by Crippen LogP contribution is -2.62. The summed E-state index contributed by atoms with van der Waals surface area (Å²) in [6, 6.07) is 18.9. The summed E-state index contributed by atoms with van der Waals surface area (Å²) in [6.07, 6.45) is 3.65. The first-order valence-corrected chi connectivity index (χ1v) is 17.4. The molecule has 14 heteroatoms. The second kappa shape index (κ2) is 15.4. The molecule has 0 spiro atoms. The van der Waals surface area contributed by atoms with Crippen LogP contribution in [0, 0.1) is 6.92 Å². The van der Waals surface area contributed by atoms with E-state index in [2.05, 4.69) is 30.9 Å². The van der Waals surface area contributed by atoms with Crippen LogP contribution in [0.4, 0.5) is 22.1 Å². The number of imidazole rings is 1. The van der Waals surface area contributed by atoms with Gasteiger partial charge in [0.25, 0.3) is 5.91 Å². The van der Waals surface area contributed by atoms with Crippen LogP contribution >= 0.6 is 0 Å². The van der Waals surface area contributed by atoms with Crippen LogP contribution in [-0.4, -0.2) is 79.5 Å². The van der Waals surface area contributed by atoms with Crippen LogP contribution in [0.5, 0.6) is 17.2 Å². The maximum Gasteiger partial charge on any atom is 0.410 e. The number of hydrogen-bond acceptors (Lipinski definition) is 11. The van der Waals surface area contributed by atoms with Crippen LogP contribution in [0.15, 0.2) is 73.3 Å². The molecule has 53 heavy (non-hydrogen) atoms. The number of carbonyl (C=O) groups is 2. The SMILES string of the molecule is COc1ccc(CNc2ncnc(Nc3ccc(Oc4ccc5c(c4)ncn5C)c(C)c3)c2C(=O)NC2(CO)CCCN(C(=O)OC(C)(C)C)C2)cc1. The van der Waals surface area contributed by atoms with Crippen LogP contribution in [0.25, 0.3) is 11.0 Å². The van der Waals surface area contributed by atoms with Crippen LogP contribution in [0.1, 0.15) is 55.1 Å². The fourth-order valence-electron chi connectivity index (χ4n) is 6.23. The number of piperidine rings is 1. The monoisotopic (exact) mass is 722 g/mol. The molecule has 1 aliphatic rings. The number of anilines is 3. The van der Waals surface area contributed by atoms with Gasteiger partial charge >= 0.3 is 6.09 Å². The van der Waals surface area contributed by atoms with Crippen LogP contribution in [0.2, 0.25) is 0 Å². The van der Waals surface area contributed by atoms with Crippen molar-refractivity contribution in [2.75, 3.05) is 37.4 Å². The predicted molar refractivity (Wildman–Crippen MR) is 202 cm³/mol. The summed E-state index contributed by atoms with van der Waals surface area (Å²) in [5, 5.41) is 20.3. The molecule has 278 valence electrons. The second-order valence-electron chi connectivity index (χ2n) is 14.3. The van der Waals surface area contributed by atoms with Crippen molar-refractivity contribution in [2.24, 2.45) is 7.05 Å². The third kappa shape index (κ3) is 8.78. The molecule has 1 unspecified atom stereocenters. The smallest absolute Gasteiger partial charge is 0.410 e. The number of ether oxygens (including phenoxy) is 3. The Morgan fingerprint density at radius 3 is 2.45 bits per heavy atom. The number of aliphatic hydroxyl groups is 1. The Bertz CT molecular complexity index is 2090. The highest BCUT2D eigenvalue weighted by molar-refractivity contribution is 6.04. The summed E-state index contributed by atoms with van der Waals surface area (Å²) in [6.45, 7) is 7.80. The highest BCUT2D eigenvalue weighted by Crippen LogP contribution is 2.32. The topological polar surface area (TPSA) is 165 Å². The van der Waals surface area contributed by atoms with Gasteiger partial charge in [0, 0.05) is 38.4 Å². The maximum absolute atomic E-state index is 14.4. The molecule has 0 saturated carbocycles. The van der Waals surface area contributed by atoms with Gasteiger partial charge in [-0.3, -0.25) is 4.79 Å². The third-order valence-electron chi connectivity index (χ3n) is 8.97. The molecule has 1 saturated heterocycles. The molecule has 1 fully saturated rings. The van der Waals surface area contributed by atoms with Crippen molar-refractivity contribution in [3.8, 4) is 17.2 Å². The Hall–Kier alpha value is -5.89. The van der Waals surface area contributed by atoms with E-state index in [1.807, 2.05) is 79.2 Å². The molecule has 3 heterocycles. The van der Waals surface area contributed by atoms with E-state index in [-0.39, 0.29) is 23.7 Å². The molecule has 6 rings (SSSR count). The largest absolute Gasteiger partial charge is 0.497 e. The molecule has 3 aromatic carbocycles. The van der Waals surface area contributed by atoms with E-state index in [0.29, 0.717) is 43.1 Å². The molecular formula is C39H46N8O6. The first kappa shape index (κ1) is 36.9. The molecule has 0 bridgehead atoms. The van der Waals surface area contributed by atoms with Gasteiger partial charge in [-0.2, -0.15) is 0 Å². The molecule has 1 aliphatic heterocycles. The molecule has 1 atom stereocenters. The average Bonchev–Trinajstić information content (AvgIpc) is 3.50. The van der Waals surface area contributed by atoms with Crippen LogP contribution in [0.3, 0.4) is 0 Å². The zero-order valence-corrected chi connectivity index (χ0v) is 30.9. The van der Waals surface area contributed by atoms with E-state index < -0.39 is 29.7 Å². The van der Waals surface area contributed by atoms with Crippen molar-refractivity contribution in [1.29, 1.82) is 0 Å². The van der Waals surface area contributed by atoms with Crippen molar-refractivity contribution >= 4 is 40.4 Å². The number of hydrogen-bond donors (Lipinski definition) is 4. The van der Waals surface area contributed by atoms with Crippen molar-refractivity contribution in [3.63, 3.8) is 0 Å². The molecule has 2 aromatic heterocycles. The van der Waals surface area contributed by atoms with Gasteiger partial charge in [-0.1, -0.05) is 12.1 Å². The average molecular weight is 723 g/mol. The number of benzene rings is 3. The number of methoxy groups -OCH3 is 1. The number of amides is 2. The number of fused-ring (bicyclic) bond motifs is 1. The van der Waals surface area contributed by atoms with Crippen molar-refractivity contribution in [3.05, 3.63) is 90.0 Å². The fourth-order valence-corrected chi connectivity index (χ4v) is 6.23. The third-order valence-corrected chi connectivity index (χ3v) is 8.97.